The fourth-order valence-corrected chi connectivity index (χ4v) is 7.94. The number of carbonyl (C=O) groups excluding carboxylic acids is 2. The Hall–Kier alpha value is -7.18. The second kappa shape index (κ2) is 12.5. The zero-order valence-corrected chi connectivity index (χ0v) is 28.6. The molecule has 8 aromatic carbocycles. The van der Waals surface area contributed by atoms with E-state index in [1.807, 2.05) is 97.1 Å². The van der Waals surface area contributed by atoms with Gasteiger partial charge in [0.25, 0.3) is 11.8 Å². The van der Waals surface area contributed by atoms with Gasteiger partial charge in [-0.2, -0.15) is 0 Å². The van der Waals surface area contributed by atoms with Crippen LogP contribution in [0.3, 0.4) is 0 Å². The summed E-state index contributed by atoms with van der Waals surface area (Å²) in [6.07, 6.45) is 0. The molecular formula is C47H34N4O2. The molecule has 0 heterocycles. The largest absolute Gasteiger partial charge is 0.398 e. The third-order valence-electron chi connectivity index (χ3n) is 10.4. The van der Waals surface area contributed by atoms with E-state index < -0.39 is 5.41 Å². The number of rotatable bonds is 6. The Kier molecular flexibility index (Phi) is 7.52. The molecule has 6 N–H and O–H groups in total. The van der Waals surface area contributed by atoms with E-state index in [1.165, 1.54) is 0 Å². The second-order valence-electron chi connectivity index (χ2n) is 13.5. The first-order chi connectivity index (χ1) is 25.9. The van der Waals surface area contributed by atoms with Gasteiger partial charge < -0.3 is 22.1 Å². The molecule has 0 fully saturated rings. The Bertz CT molecular complexity index is 2550. The summed E-state index contributed by atoms with van der Waals surface area (Å²) in [5.74, 6) is -0.536. The van der Waals surface area contributed by atoms with Crippen LogP contribution in [0.5, 0.6) is 0 Å². The molecule has 8 aromatic rings. The standard InChI is InChI=1S/C47H34N4O2/c48-43-27-31-11-3-1-9-29(31)25-39(43)45(52)50-35-21-17-33(18-22-35)47(41-15-7-5-13-37(41)38-14-6-8-16-42(38)47)34-19-23-36(24-20-34)51-46(53)40-26-30-10-2-4-12-32(30)28-44(40)49/h1-28H,48-49H2,(H,50,52)(H,51,53). The van der Waals surface area contributed by atoms with Gasteiger partial charge in [0.1, 0.15) is 0 Å². The fraction of sp³-hybridized carbons (Fsp3) is 0.0213. The molecule has 0 aromatic heterocycles. The van der Waals surface area contributed by atoms with Gasteiger partial charge in [-0.3, -0.25) is 9.59 Å². The summed E-state index contributed by atoms with van der Waals surface area (Å²) in [4.78, 5) is 27.0. The van der Waals surface area contributed by atoms with Crippen molar-refractivity contribution in [1.29, 1.82) is 0 Å². The zero-order valence-electron chi connectivity index (χ0n) is 28.6. The summed E-state index contributed by atoms with van der Waals surface area (Å²) < 4.78 is 0. The van der Waals surface area contributed by atoms with Gasteiger partial charge in [0, 0.05) is 22.7 Å². The first-order valence-corrected chi connectivity index (χ1v) is 17.5. The predicted molar refractivity (Wildman–Crippen MR) is 216 cm³/mol. The van der Waals surface area contributed by atoms with Crippen LogP contribution < -0.4 is 22.1 Å². The highest BCUT2D eigenvalue weighted by molar-refractivity contribution is 6.11. The minimum absolute atomic E-state index is 0.268. The van der Waals surface area contributed by atoms with Gasteiger partial charge in [0.05, 0.1) is 16.5 Å². The smallest absolute Gasteiger partial charge is 0.257 e. The number of nitrogen functional groups attached to an aromatic ring is 2. The maximum absolute atomic E-state index is 13.5. The van der Waals surface area contributed by atoms with Crippen LogP contribution in [-0.2, 0) is 5.41 Å². The van der Waals surface area contributed by atoms with Gasteiger partial charge >= 0.3 is 0 Å². The lowest BCUT2D eigenvalue weighted by atomic mass is 9.67. The minimum Gasteiger partial charge on any atom is -0.398 e. The number of hydrogen-bond donors (Lipinski definition) is 4. The molecule has 0 aliphatic heterocycles. The molecule has 254 valence electrons. The van der Waals surface area contributed by atoms with Gasteiger partial charge in [0.15, 0.2) is 0 Å². The number of carbonyl (C=O) groups is 2. The highest BCUT2D eigenvalue weighted by Crippen LogP contribution is 2.56. The van der Waals surface area contributed by atoms with E-state index in [1.54, 1.807) is 0 Å². The van der Waals surface area contributed by atoms with Crippen molar-refractivity contribution in [1.82, 2.24) is 0 Å². The fourth-order valence-electron chi connectivity index (χ4n) is 7.94. The SMILES string of the molecule is Nc1cc2ccccc2cc1C(=O)Nc1ccc(C2(c3ccc(NC(=O)c4cc5ccccc5cc4N)cc3)c3ccccc3-c3ccccc32)cc1. The van der Waals surface area contributed by atoms with Gasteiger partial charge in [-0.05, 0) is 103 Å². The van der Waals surface area contributed by atoms with E-state index in [2.05, 4.69) is 83.4 Å². The quantitative estimate of drug-likeness (QED) is 0.131. The summed E-state index contributed by atoms with van der Waals surface area (Å²) in [5.41, 5.74) is 21.7. The number of nitrogens with two attached hydrogens (primary N) is 2. The Morgan fingerprint density at radius 3 is 1.15 bits per heavy atom. The molecule has 9 rings (SSSR count). The lowest BCUT2D eigenvalue weighted by molar-refractivity contribution is 0.101. The van der Waals surface area contributed by atoms with Crippen molar-refractivity contribution < 1.29 is 9.59 Å². The van der Waals surface area contributed by atoms with Gasteiger partial charge in [0.2, 0.25) is 0 Å². The number of nitrogens with one attached hydrogen (secondary N) is 2. The van der Waals surface area contributed by atoms with Crippen molar-refractivity contribution in [3.63, 3.8) is 0 Å². The van der Waals surface area contributed by atoms with Gasteiger partial charge in [-0.15, -0.1) is 0 Å². The molecular weight excluding hydrogens is 653 g/mol. The van der Waals surface area contributed by atoms with E-state index in [0.717, 1.165) is 54.9 Å². The van der Waals surface area contributed by atoms with Crippen molar-refractivity contribution >= 4 is 56.1 Å². The van der Waals surface area contributed by atoms with Crippen LogP contribution in [-0.4, -0.2) is 11.8 Å². The molecule has 0 spiro atoms. The monoisotopic (exact) mass is 686 g/mol. The number of amides is 2. The Morgan fingerprint density at radius 1 is 0.415 bits per heavy atom. The molecule has 1 aliphatic rings. The summed E-state index contributed by atoms with van der Waals surface area (Å²) in [7, 11) is 0. The molecule has 1 aliphatic carbocycles. The second-order valence-corrected chi connectivity index (χ2v) is 13.5. The van der Waals surface area contributed by atoms with Crippen LogP contribution >= 0.6 is 0 Å². The number of hydrogen-bond acceptors (Lipinski definition) is 4. The average Bonchev–Trinajstić information content (AvgIpc) is 3.49. The molecule has 0 unspecified atom stereocenters. The van der Waals surface area contributed by atoms with E-state index in [-0.39, 0.29) is 11.8 Å². The maximum Gasteiger partial charge on any atom is 0.257 e. The van der Waals surface area contributed by atoms with Crippen LogP contribution in [0.1, 0.15) is 43.0 Å². The number of benzene rings is 8. The van der Waals surface area contributed by atoms with Crippen molar-refractivity contribution in [3.8, 4) is 11.1 Å². The van der Waals surface area contributed by atoms with E-state index in [0.29, 0.717) is 33.9 Å². The third-order valence-corrected chi connectivity index (χ3v) is 10.4. The average molecular weight is 687 g/mol. The highest BCUT2D eigenvalue weighted by atomic mass is 16.2. The molecule has 6 heteroatoms. The molecule has 0 radical (unpaired) electrons. The van der Waals surface area contributed by atoms with Crippen molar-refractivity contribution in [2.75, 3.05) is 22.1 Å². The van der Waals surface area contributed by atoms with Crippen LogP contribution in [0.25, 0.3) is 32.7 Å². The van der Waals surface area contributed by atoms with E-state index in [9.17, 15) is 9.59 Å². The molecule has 53 heavy (non-hydrogen) atoms. The van der Waals surface area contributed by atoms with E-state index in [4.69, 9.17) is 11.5 Å². The number of anilines is 4. The normalized spacial score (nSPS) is 12.6. The third kappa shape index (κ3) is 5.27. The minimum atomic E-state index is -0.663. The lowest BCUT2D eigenvalue weighted by Gasteiger charge is -2.34. The first-order valence-electron chi connectivity index (χ1n) is 17.5. The summed E-state index contributed by atoms with van der Waals surface area (Å²) in [6.45, 7) is 0. The summed E-state index contributed by atoms with van der Waals surface area (Å²) in [5, 5.41) is 9.98. The van der Waals surface area contributed by atoms with Crippen molar-refractivity contribution in [2.24, 2.45) is 0 Å². The zero-order chi connectivity index (χ0) is 36.1. The molecule has 6 nitrogen and oxygen atoms in total. The Morgan fingerprint density at radius 2 is 0.755 bits per heavy atom. The summed E-state index contributed by atoms with van der Waals surface area (Å²) in [6, 6.07) is 56.1. The van der Waals surface area contributed by atoms with Crippen LogP contribution in [0.4, 0.5) is 22.7 Å². The Balaban J connectivity index is 1.08. The van der Waals surface area contributed by atoms with Crippen molar-refractivity contribution in [2.45, 2.75) is 5.41 Å². The van der Waals surface area contributed by atoms with Crippen LogP contribution in [0.2, 0.25) is 0 Å². The number of fused-ring (bicyclic) bond motifs is 5. The molecule has 0 atom stereocenters. The van der Waals surface area contributed by atoms with Crippen LogP contribution in [0, 0.1) is 0 Å². The van der Waals surface area contributed by atoms with Gasteiger partial charge in [-0.1, -0.05) is 121 Å². The molecule has 2 amide bonds. The summed E-state index contributed by atoms with van der Waals surface area (Å²) >= 11 is 0. The molecule has 0 saturated heterocycles. The highest BCUT2D eigenvalue weighted by Gasteiger charge is 2.45. The predicted octanol–water partition coefficient (Wildman–Crippen LogP) is 10.0. The lowest BCUT2D eigenvalue weighted by Crippen LogP contribution is -2.28. The Labute approximate surface area is 306 Å². The molecule has 0 bridgehead atoms. The topological polar surface area (TPSA) is 110 Å². The van der Waals surface area contributed by atoms with E-state index >= 15 is 0 Å². The van der Waals surface area contributed by atoms with Gasteiger partial charge in [-0.25, -0.2) is 0 Å². The van der Waals surface area contributed by atoms with Crippen molar-refractivity contribution in [3.05, 3.63) is 203 Å². The first kappa shape index (κ1) is 31.8. The molecule has 0 saturated carbocycles. The maximum atomic E-state index is 13.5. The van der Waals surface area contributed by atoms with Crippen LogP contribution in [0.15, 0.2) is 170 Å².